The zero-order chi connectivity index (χ0) is 18.7. The minimum atomic E-state index is -0.493. The first-order chi connectivity index (χ1) is 11.7. The Morgan fingerprint density at radius 1 is 1.20 bits per heavy atom. The lowest BCUT2D eigenvalue weighted by atomic mass is 10.3. The summed E-state index contributed by atoms with van der Waals surface area (Å²) in [5.74, 6) is -0.277. The monoisotopic (exact) mass is 388 g/mol. The lowest BCUT2D eigenvalue weighted by molar-refractivity contribution is -0.386. The molecule has 0 fully saturated rings. The molecule has 1 N–H and O–H groups in total. The van der Waals surface area contributed by atoms with Gasteiger partial charge in [-0.1, -0.05) is 23.2 Å². The Labute approximate surface area is 154 Å². The fourth-order valence-electron chi connectivity index (χ4n) is 2.43. The van der Waals surface area contributed by atoms with Gasteiger partial charge in [0.15, 0.2) is 0 Å². The molecule has 2 aromatic heterocycles. The van der Waals surface area contributed by atoms with Crippen LogP contribution in [0.3, 0.4) is 0 Å². The smallest absolute Gasteiger partial charge is 0.312 e. The number of rotatable bonds is 7. The van der Waals surface area contributed by atoms with Crippen LogP contribution in [0.5, 0.6) is 0 Å². The van der Waals surface area contributed by atoms with Gasteiger partial charge in [0.05, 0.1) is 10.6 Å². The number of nitrogens with one attached hydrogen (secondary N) is 1. The summed E-state index contributed by atoms with van der Waals surface area (Å²) in [5.41, 5.74) is 1.23. The maximum absolute atomic E-state index is 12.0. The van der Waals surface area contributed by atoms with Gasteiger partial charge in [0.1, 0.15) is 28.1 Å². The van der Waals surface area contributed by atoms with Crippen LogP contribution < -0.4 is 5.32 Å². The summed E-state index contributed by atoms with van der Waals surface area (Å²) >= 11 is 12.0. The van der Waals surface area contributed by atoms with Crippen molar-refractivity contribution in [2.75, 3.05) is 6.54 Å². The molecule has 0 aromatic carbocycles. The van der Waals surface area contributed by atoms with Gasteiger partial charge in [-0.15, -0.1) is 0 Å². The van der Waals surface area contributed by atoms with E-state index in [1.807, 2.05) is 0 Å². The summed E-state index contributed by atoms with van der Waals surface area (Å²) in [6.45, 7) is 5.72. The molecule has 0 saturated heterocycles. The average Bonchev–Trinajstić information content (AvgIpc) is 2.94. The number of carbonyl (C=O) groups excluding carboxylic acids is 1. The van der Waals surface area contributed by atoms with Crippen molar-refractivity contribution in [3.63, 3.8) is 0 Å². The average molecular weight is 389 g/mol. The van der Waals surface area contributed by atoms with Crippen molar-refractivity contribution in [2.45, 2.75) is 40.3 Å². The highest BCUT2D eigenvalue weighted by molar-refractivity contribution is 6.41. The standard InChI is InChI=1S/C14H18Cl2N6O3/c1-8-12(15)14(16)20(18-8)6-4-5-17-11(23)7-21-10(3)13(22(24)25)9(2)19-21/h4-7H2,1-3H3,(H,17,23). The zero-order valence-electron chi connectivity index (χ0n) is 14.0. The molecular weight excluding hydrogens is 371 g/mol. The Balaban J connectivity index is 1.84. The number of hydrogen-bond donors (Lipinski definition) is 1. The first-order valence-corrected chi connectivity index (χ1v) is 8.31. The third-order valence-corrected chi connectivity index (χ3v) is 4.62. The van der Waals surface area contributed by atoms with Crippen molar-refractivity contribution < 1.29 is 9.72 Å². The highest BCUT2D eigenvalue weighted by Gasteiger charge is 2.22. The Hall–Kier alpha value is -2.13. The van der Waals surface area contributed by atoms with Crippen molar-refractivity contribution in [1.82, 2.24) is 24.9 Å². The molecule has 0 unspecified atom stereocenters. The minimum Gasteiger partial charge on any atom is -0.354 e. The molecule has 9 nitrogen and oxygen atoms in total. The first kappa shape index (κ1) is 19.2. The van der Waals surface area contributed by atoms with Gasteiger partial charge in [-0.2, -0.15) is 10.2 Å². The number of hydrogen-bond acceptors (Lipinski definition) is 5. The van der Waals surface area contributed by atoms with E-state index in [4.69, 9.17) is 23.2 Å². The van der Waals surface area contributed by atoms with Crippen LogP contribution in [0, 0.1) is 30.9 Å². The summed E-state index contributed by atoms with van der Waals surface area (Å²) < 4.78 is 2.91. The number of aryl methyl sites for hydroxylation is 3. The van der Waals surface area contributed by atoms with Crippen LogP contribution >= 0.6 is 23.2 Å². The van der Waals surface area contributed by atoms with Crippen LogP contribution in [-0.4, -0.2) is 36.9 Å². The molecule has 0 aliphatic carbocycles. The second-order valence-electron chi connectivity index (χ2n) is 5.55. The van der Waals surface area contributed by atoms with Crippen molar-refractivity contribution in [1.29, 1.82) is 0 Å². The molecule has 1 amide bonds. The molecular formula is C14H18Cl2N6O3. The predicted molar refractivity (Wildman–Crippen MR) is 93.0 cm³/mol. The summed E-state index contributed by atoms with van der Waals surface area (Å²) in [5, 5.41) is 22.7. The predicted octanol–water partition coefficient (Wildman–Crippen LogP) is 2.43. The van der Waals surface area contributed by atoms with E-state index in [2.05, 4.69) is 15.5 Å². The quantitative estimate of drug-likeness (QED) is 0.445. The minimum absolute atomic E-state index is 0.0617. The number of nitrogens with zero attached hydrogens (tertiary/aromatic N) is 5. The SMILES string of the molecule is Cc1nn(CCCNC(=O)Cn2nc(C)c([N+](=O)[O-])c2C)c(Cl)c1Cl. The van der Waals surface area contributed by atoms with Crippen LogP contribution in [0.15, 0.2) is 0 Å². The molecule has 0 saturated carbocycles. The van der Waals surface area contributed by atoms with E-state index in [9.17, 15) is 14.9 Å². The Morgan fingerprint density at radius 3 is 2.36 bits per heavy atom. The van der Waals surface area contributed by atoms with E-state index >= 15 is 0 Å². The number of amides is 1. The number of carbonyl (C=O) groups is 1. The van der Waals surface area contributed by atoms with E-state index in [1.54, 1.807) is 25.5 Å². The maximum atomic E-state index is 12.0. The van der Waals surface area contributed by atoms with Crippen LogP contribution in [0.4, 0.5) is 5.69 Å². The topological polar surface area (TPSA) is 108 Å². The highest BCUT2D eigenvalue weighted by atomic mass is 35.5. The molecule has 0 atom stereocenters. The van der Waals surface area contributed by atoms with Gasteiger partial charge in [0, 0.05) is 13.1 Å². The Morgan fingerprint density at radius 2 is 1.84 bits per heavy atom. The van der Waals surface area contributed by atoms with Crippen LogP contribution in [-0.2, 0) is 17.9 Å². The van der Waals surface area contributed by atoms with Gasteiger partial charge in [0.2, 0.25) is 5.91 Å². The number of halogens is 2. The normalized spacial score (nSPS) is 10.9. The van der Waals surface area contributed by atoms with E-state index in [1.165, 1.54) is 4.68 Å². The summed E-state index contributed by atoms with van der Waals surface area (Å²) in [6.07, 6.45) is 0.611. The van der Waals surface area contributed by atoms with Gasteiger partial charge in [-0.25, -0.2) is 0 Å². The maximum Gasteiger partial charge on any atom is 0.312 e. The lowest BCUT2D eigenvalue weighted by Crippen LogP contribution is -2.29. The molecule has 136 valence electrons. The highest BCUT2D eigenvalue weighted by Crippen LogP contribution is 2.25. The van der Waals surface area contributed by atoms with Crippen LogP contribution in [0.25, 0.3) is 0 Å². The third-order valence-electron chi connectivity index (χ3n) is 3.68. The van der Waals surface area contributed by atoms with Crippen molar-refractivity contribution in [3.8, 4) is 0 Å². The molecule has 2 aromatic rings. The molecule has 0 aliphatic rings. The molecule has 0 radical (unpaired) electrons. The van der Waals surface area contributed by atoms with E-state index in [0.717, 1.165) is 0 Å². The second kappa shape index (κ2) is 7.83. The van der Waals surface area contributed by atoms with Gasteiger partial charge in [-0.05, 0) is 27.2 Å². The van der Waals surface area contributed by atoms with E-state index in [-0.39, 0.29) is 23.8 Å². The van der Waals surface area contributed by atoms with Crippen molar-refractivity contribution in [2.24, 2.45) is 0 Å². The lowest BCUT2D eigenvalue weighted by Gasteiger charge is -2.07. The zero-order valence-corrected chi connectivity index (χ0v) is 15.6. The second-order valence-corrected chi connectivity index (χ2v) is 6.29. The largest absolute Gasteiger partial charge is 0.354 e. The van der Waals surface area contributed by atoms with Crippen LogP contribution in [0.1, 0.15) is 23.5 Å². The number of nitro groups is 1. The molecule has 2 rings (SSSR count). The molecule has 0 bridgehead atoms. The van der Waals surface area contributed by atoms with Gasteiger partial charge in [0.25, 0.3) is 0 Å². The first-order valence-electron chi connectivity index (χ1n) is 7.55. The molecule has 2 heterocycles. The Kier molecular flexibility index (Phi) is 6.02. The molecule has 11 heteroatoms. The van der Waals surface area contributed by atoms with Gasteiger partial charge < -0.3 is 5.32 Å². The van der Waals surface area contributed by atoms with Crippen LogP contribution in [0.2, 0.25) is 10.2 Å². The summed E-state index contributed by atoms with van der Waals surface area (Å²) in [7, 11) is 0. The fraction of sp³-hybridized carbons (Fsp3) is 0.500. The molecule has 0 spiro atoms. The number of aromatic nitrogens is 4. The third kappa shape index (κ3) is 4.29. The molecule has 25 heavy (non-hydrogen) atoms. The Bertz CT molecular complexity index is 814. The summed E-state index contributed by atoms with van der Waals surface area (Å²) in [4.78, 5) is 22.5. The summed E-state index contributed by atoms with van der Waals surface area (Å²) in [6, 6.07) is 0. The van der Waals surface area contributed by atoms with E-state index < -0.39 is 4.92 Å². The van der Waals surface area contributed by atoms with Gasteiger partial charge in [-0.3, -0.25) is 24.3 Å². The van der Waals surface area contributed by atoms with E-state index in [0.29, 0.717) is 41.1 Å². The molecule has 0 aliphatic heterocycles. The van der Waals surface area contributed by atoms with Crippen molar-refractivity contribution in [3.05, 3.63) is 37.4 Å². The fourth-order valence-corrected chi connectivity index (χ4v) is 2.83. The van der Waals surface area contributed by atoms with Crippen molar-refractivity contribution >= 4 is 34.8 Å². The van der Waals surface area contributed by atoms with Gasteiger partial charge >= 0.3 is 5.69 Å².